The molecule has 0 saturated carbocycles. The molecule has 0 aromatic heterocycles. The fourth-order valence-corrected chi connectivity index (χ4v) is 1.39. The van der Waals surface area contributed by atoms with Crippen molar-refractivity contribution in [2.24, 2.45) is 0 Å². The molecular weight excluding hydrogens is 180 g/mol. The van der Waals surface area contributed by atoms with Gasteiger partial charge in [-0.3, -0.25) is 0 Å². The van der Waals surface area contributed by atoms with Crippen LogP contribution < -0.4 is 5.32 Å². The molecule has 0 aliphatic carbocycles. The van der Waals surface area contributed by atoms with E-state index in [1.165, 1.54) is 0 Å². The van der Waals surface area contributed by atoms with Gasteiger partial charge in [-0.25, -0.2) is 0 Å². The number of aliphatic hydroxyl groups excluding tert-OH is 1. The molecule has 2 atom stereocenters. The molecule has 0 rings (SSSR count). The van der Waals surface area contributed by atoms with E-state index in [1.807, 2.05) is 25.9 Å². The smallest absolute Gasteiger partial charge is 0.0869 e. The topological polar surface area (TPSA) is 55.7 Å². The molecule has 0 fully saturated rings. The first-order chi connectivity index (χ1) is 6.37. The molecule has 2 unspecified atom stereocenters. The van der Waals surface area contributed by atoms with Crippen LogP contribution >= 0.6 is 0 Å². The van der Waals surface area contributed by atoms with Gasteiger partial charge in [0, 0.05) is 19.6 Å². The van der Waals surface area contributed by atoms with Crippen molar-refractivity contribution in [1.29, 1.82) is 0 Å². The number of aliphatic hydroxyl groups is 2. The molecule has 0 amide bonds. The second-order valence-electron chi connectivity index (χ2n) is 4.43. The maximum absolute atomic E-state index is 9.88. The van der Waals surface area contributed by atoms with E-state index in [9.17, 15) is 10.2 Å². The van der Waals surface area contributed by atoms with Crippen LogP contribution in [0, 0.1) is 0 Å². The molecule has 0 spiro atoms. The average molecular weight is 204 g/mol. The van der Waals surface area contributed by atoms with Gasteiger partial charge in [-0.05, 0) is 27.4 Å². The predicted octanol–water partition coefficient (Wildman–Crippen LogP) is -0.340. The third-order valence-electron chi connectivity index (χ3n) is 2.01. The Morgan fingerprint density at radius 1 is 1.43 bits per heavy atom. The Kier molecular flexibility index (Phi) is 6.27. The molecule has 0 saturated heterocycles. The lowest BCUT2D eigenvalue weighted by atomic mass is 10.1. The van der Waals surface area contributed by atoms with Crippen LogP contribution in [0.5, 0.6) is 0 Å². The molecule has 0 radical (unpaired) electrons. The van der Waals surface area contributed by atoms with E-state index in [4.69, 9.17) is 0 Å². The van der Waals surface area contributed by atoms with Gasteiger partial charge in [-0.2, -0.15) is 0 Å². The number of nitrogens with zero attached hydrogens (tertiary/aromatic N) is 1. The largest absolute Gasteiger partial charge is 0.392 e. The van der Waals surface area contributed by atoms with Crippen LogP contribution in [0.4, 0.5) is 0 Å². The lowest BCUT2D eigenvalue weighted by Gasteiger charge is -2.27. The minimum absolute atomic E-state index is 0.315. The van der Waals surface area contributed by atoms with Gasteiger partial charge < -0.3 is 20.4 Å². The second-order valence-corrected chi connectivity index (χ2v) is 4.43. The van der Waals surface area contributed by atoms with Crippen LogP contribution in [0.2, 0.25) is 0 Å². The van der Waals surface area contributed by atoms with E-state index >= 15 is 0 Å². The zero-order valence-electron chi connectivity index (χ0n) is 9.75. The summed E-state index contributed by atoms with van der Waals surface area (Å²) in [6, 6.07) is 0. The fraction of sp³-hybridized carbons (Fsp3) is 1.00. The zero-order valence-corrected chi connectivity index (χ0v) is 9.75. The highest BCUT2D eigenvalue weighted by Crippen LogP contribution is 2.02. The summed E-state index contributed by atoms with van der Waals surface area (Å²) in [6.45, 7) is 5.38. The van der Waals surface area contributed by atoms with Crippen molar-refractivity contribution in [3.63, 3.8) is 0 Å². The first-order valence-electron chi connectivity index (χ1n) is 5.13. The first-order valence-corrected chi connectivity index (χ1v) is 5.13. The van der Waals surface area contributed by atoms with E-state index < -0.39 is 5.60 Å². The number of likely N-dealkylation sites (N-methyl/N-ethyl adjacent to an activating group) is 1. The van der Waals surface area contributed by atoms with Crippen molar-refractivity contribution in [3.8, 4) is 0 Å². The minimum atomic E-state index is -0.739. The summed E-state index contributed by atoms with van der Waals surface area (Å²) in [7, 11) is 3.85. The van der Waals surface area contributed by atoms with Crippen molar-refractivity contribution < 1.29 is 10.2 Å². The van der Waals surface area contributed by atoms with Gasteiger partial charge in [-0.15, -0.1) is 0 Å². The number of hydrogen-bond acceptors (Lipinski definition) is 4. The number of rotatable bonds is 7. The van der Waals surface area contributed by atoms with Gasteiger partial charge in [0.15, 0.2) is 0 Å². The average Bonchev–Trinajstić information content (AvgIpc) is 2.01. The molecule has 4 heteroatoms. The van der Waals surface area contributed by atoms with Crippen LogP contribution in [-0.2, 0) is 0 Å². The highest BCUT2D eigenvalue weighted by Gasteiger charge is 2.20. The van der Waals surface area contributed by atoms with Crippen LogP contribution in [-0.4, -0.2) is 60.5 Å². The molecule has 0 aromatic carbocycles. The van der Waals surface area contributed by atoms with Crippen molar-refractivity contribution >= 4 is 0 Å². The van der Waals surface area contributed by atoms with Gasteiger partial charge in [0.2, 0.25) is 0 Å². The Balaban J connectivity index is 3.65. The maximum atomic E-state index is 9.88. The third kappa shape index (κ3) is 7.26. The fourth-order valence-electron chi connectivity index (χ4n) is 1.39. The summed E-state index contributed by atoms with van der Waals surface area (Å²) in [5, 5.41) is 22.2. The number of hydrogen-bond donors (Lipinski definition) is 3. The molecule has 0 aromatic rings. The maximum Gasteiger partial charge on any atom is 0.0869 e. The summed E-state index contributed by atoms with van der Waals surface area (Å²) in [4.78, 5) is 1.94. The Hall–Kier alpha value is -0.160. The monoisotopic (exact) mass is 204 g/mol. The highest BCUT2D eigenvalue weighted by molar-refractivity contribution is 4.78. The van der Waals surface area contributed by atoms with E-state index in [-0.39, 0.29) is 6.10 Å². The van der Waals surface area contributed by atoms with E-state index in [0.717, 1.165) is 6.42 Å². The molecule has 0 bridgehead atoms. The molecule has 0 heterocycles. The van der Waals surface area contributed by atoms with E-state index in [2.05, 4.69) is 5.32 Å². The van der Waals surface area contributed by atoms with Crippen molar-refractivity contribution in [1.82, 2.24) is 10.2 Å². The minimum Gasteiger partial charge on any atom is -0.392 e. The molecule has 0 aliphatic rings. The van der Waals surface area contributed by atoms with Crippen molar-refractivity contribution in [2.45, 2.75) is 32.0 Å². The van der Waals surface area contributed by atoms with Gasteiger partial charge in [-0.1, -0.05) is 6.92 Å². The van der Waals surface area contributed by atoms with Crippen LogP contribution in [0.15, 0.2) is 0 Å². The standard InChI is InChI=1S/C10H24N2O2/c1-5-9(13)6-11-7-10(2,14)8-12(3)4/h9,11,13-14H,5-8H2,1-4H3. The first kappa shape index (κ1) is 13.8. The Bertz CT molecular complexity index is 149. The van der Waals surface area contributed by atoms with Crippen LogP contribution in [0.3, 0.4) is 0 Å². The normalized spacial score (nSPS) is 18.2. The van der Waals surface area contributed by atoms with Gasteiger partial charge in [0.05, 0.1) is 11.7 Å². The van der Waals surface area contributed by atoms with Gasteiger partial charge in [0.25, 0.3) is 0 Å². The SMILES string of the molecule is CCC(O)CNCC(C)(O)CN(C)C. The lowest BCUT2D eigenvalue weighted by Crippen LogP contribution is -2.46. The molecular formula is C10H24N2O2. The zero-order chi connectivity index (χ0) is 11.2. The van der Waals surface area contributed by atoms with Crippen LogP contribution in [0.1, 0.15) is 20.3 Å². The molecule has 14 heavy (non-hydrogen) atoms. The number of nitrogens with one attached hydrogen (secondary N) is 1. The van der Waals surface area contributed by atoms with Crippen LogP contribution in [0.25, 0.3) is 0 Å². The molecule has 4 nitrogen and oxygen atoms in total. The highest BCUT2D eigenvalue weighted by atomic mass is 16.3. The molecule has 0 aliphatic heterocycles. The third-order valence-corrected chi connectivity index (χ3v) is 2.01. The molecule has 86 valence electrons. The summed E-state index contributed by atoms with van der Waals surface area (Å²) in [5.74, 6) is 0. The van der Waals surface area contributed by atoms with E-state index in [1.54, 1.807) is 6.92 Å². The predicted molar refractivity (Wildman–Crippen MR) is 58.3 cm³/mol. The quantitative estimate of drug-likeness (QED) is 0.531. The summed E-state index contributed by atoms with van der Waals surface area (Å²) < 4.78 is 0. The Morgan fingerprint density at radius 3 is 2.43 bits per heavy atom. The summed E-state index contributed by atoms with van der Waals surface area (Å²) in [5.41, 5.74) is -0.739. The van der Waals surface area contributed by atoms with Crippen molar-refractivity contribution in [3.05, 3.63) is 0 Å². The van der Waals surface area contributed by atoms with E-state index in [0.29, 0.717) is 19.6 Å². The Morgan fingerprint density at radius 2 is 2.00 bits per heavy atom. The summed E-state index contributed by atoms with van der Waals surface area (Å²) >= 11 is 0. The Labute approximate surface area is 86.9 Å². The van der Waals surface area contributed by atoms with Crippen molar-refractivity contribution in [2.75, 3.05) is 33.7 Å². The molecule has 3 N–H and O–H groups in total. The second kappa shape index (κ2) is 6.35. The van der Waals surface area contributed by atoms with Gasteiger partial charge >= 0.3 is 0 Å². The van der Waals surface area contributed by atoms with Gasteiger partial charge in [0.1, 0.15) is 0 Å². The lowest BCUT2D eigenvalue weighted by molar-refractivity contribution is 0.0308. The summed E-state index contributed by atoms with van der Waals surface area (Å²) in [6.07, 6.45) is 0.424.